The van der Waals surface area contributed by atoms with Crippen molar-refractivity contribution >= 4 is 34.0 Å². The summed E-state index contributed by atoms with van der Waals surface area (Å²) in [6.07, 6.45) is 5.06. The van der Waals surface area contributed by atoms with E-state index in [1.165, 1.54) is 42.6 Å². The van der Waals surface area contributed by atoms with Crippen LogP contribution in [0.5, 0.6) is 0 Å². The Balaban J connectivity index is 1.41. The molecule has 1 N–H and O–H groups in total. The molecule has 1 aromatic heterocycles. The van der Waals surface area contributed by atoms with Crippen LogP contribution in [0.15, 0.2) is 48.5 Å². The van der Waals surface area contributed by atoms with Gasteiger partial charge in [-0.05, 0) is 54.5 Å². The molecule has 4 rings (SSSR count). The molecule has 3 aromatic rings. The van der Waals surface area contributed by atoms with Crippen molar-refractivity contribution in [1.82, 2.24) is 10.2 Å². The molecule has 28 heavy (non-hydrogen) atoms. The van der Waals surface area contributed by atoms with E-state index in [9.17, 15) is 4.79 Å². The van der Waals surface area contributed by atoms with E-state index >= 15 is 0 Å². The molecule has 1 amide bonds. The van der Waals surface area contributed by atoms with Gasteiger partial charge in [-0.2, -0.15) is 0 Å². The Bertz CT molecular complexity index is 962. The van der Waals surface area contributed by atoms with Gasteiger partial charge in [0.25, 0.3) is 5.91 Å². The zero-order valence-electron chi connectivity index (χ0n) is 15.7. The third-order valence-corrected chi connectivity index (χ3v) is 6.50. The Hall–Kier alpha value is -2.24. The minimum absolute atomic E-state index is 0.169. The van der Waals surface area contributed by atoms with Gasteiger partial charge < -0.3 is 0 Å². The van der Waals surface area contributed by atoms with Crippen LogP contribution in [0.25, 0.3) is 10.6 Å². The number of hydrogen-bond donors (Lipinski definition) is 1. The van der Waals surface area contributed by atoms with Crippen LogP contribution in [0.1, 0.15) is 54.4 Å². The first-order chi connectivity index (χ1) is 13.6. The lowest BCUT2D eigenvalue weighted by Crippen LogP contribution is -2.13. The number of nitrogens with one attached hydrogen (secondary N) is 1. The number of rotatable bonds is 4. The second kappa shape index (κ2) is 8.41. The molecule has 1 aliphatic carbocycles. The predicted octanol–water partition coefficient (Wildman–Crippen LogP) is 6.40. The number of amides is 1. The molecule has 2 aromatic carbocycles. The average molecular weight is 412 g/mol. The van der Waals surface area contributed by atoms with Gasteiger partial charge in [-0.15, -0.1) is 10.2 Å². The molecular formula is C22H22ClN3OS. The Morgan fingerprint density at radius 1 is 1.07 bits per heavy atom. The van der Waals surface area contributed by atoms with Gasteiger partial charge in [0.15, 0.2) is 0 Å². The van der Waals surface area contributed by atoms with Crippen LogP contribution in [-0.2, 0) is 0 Å². The van der Waals surface area contributed by atoms with Gasteiger partial charge in [-0.25, -0.2) is 0 Å². The summed E-state index contributed by atoms with van der Waals surface area (Å²) in [5, 5.41) is 12.9. The zero-order chi connectivity index (χ0) is 19.5. The molecule has 0 atom stereocenters. The van der Waals surface area contributed by atoms with Crippen molar-refractivity contribution in [3.05, 3.63) is 64.7 Å². The molecule has 0 unspecified atom stereocenters. The first-order valence-electron chi connectivity index (χ1n) is 9.59. The van der Waals surface area contributed by atoms with Crippen molar-refractivity contribution < 1.29 is 4.79 Å². The second-order valence-electron chi connectivity index (χ2n) is 7.46. The molecule has 0 radical (unpaired) electrons. The number of aromatic nitrogens is 2. The van der Waals surface area contributed by atoms with Crippen LogP contribution >= 0.6 is 22.9 Å². The van der Waals surface area contributed by atoms with Gasteiger partial charge in [0, 0.05) is 16.1 Å². The average Bonchev–Trinajstić information content (AvgIpc) is 3.17. The summed E-state index contributed by atoms with van der Waals surface area (Å²) in [6.45, 7) is 2.33. The number of anilines is 1. The van der Waals surface area contributed by atoms with E-state index in [1.807, 2.05) is 36.4 Å². The number of nitrogens with zero attached hydrogens (tertiary/aromatic N) is 2. The van der Waals surface area contributed by atoms with Gasteiger partial charge in [0.05, 0.1) is 0 Å². The number of carbonyl (C=O) groups excluding carboxylic acids is 1. The van der Waals surface area contributed by atoms with Crippen LogP contribution in [0.2, 0.25) is 5.02 Å². The monoisotopic (exact) mass is 411 g/mol. The van der Waals surface area contributed by atoms with Crippen LogP contribution in [0.3, 0.4) is 0 Å². The standard InChI is InChI=1S/C22H22ClN3OS/c1-14-5-7-15(8-6-14)16-9-11-17(12-10-16)20(27)24-22-26-25-21(28-22)18-3-2-4-19(23)13-18/h2-4,9-15H,5-8H2,1H3,(H,24,26,27)/t14-,15-. The van der Waals surface area contributed by atoms with Gasteiger partial charge in [-0.1, -0.05) is 67.0 Å². The SMILES string of the molecule is C[C@H]1CC[C@H](c2ccc(C(=O)Nc3nnc(-c4cccc(Cl)c4)s3)cc2)CC1. The highest BCUT2D eigenvalue weighted by atomic mass is 35.5. The number of halogens is 1. The van der Waals surface area contributed by atoms with E-state index in [2.05, 4.69) is 34.6 Å². The van der Waals surface area contributed by atoms with Crippen LogP contribution in [0.4, 0.5) is 5.13 Å². The maximum atomic E-state index is 12.6. The highest BCUT2D eigenvalue weighted by Gasteiger charge is 2.20. The molecule has 0 saturated heterocycles. The zero-order valence-corrected chi connectivity index (χ0v) is 17.3. The molecule has 1 fully saturated rings. The smallest absolute Gasteiger partial charge is 0.257 e. The number of carbonyl (C=O) groups is 1. The van der Waals surface area contributed by atoms with Gasteiger partial charge in [0.2, 0.25) is 5.13 Å². The summed E-state index contributed by atoms with van der Waals surface area (Å²) in [5.74, 6) is 1.29. The highest BCUT2D eigenvalue weighted by Crippen LogP contribution is 2.35. The van der Waals surface area contributed by atoms with E-state index in [0.29, 0.717) is 21.6 Å². The van der Waals surface area contributed by atoms with Crippen molar-refractivity contribution in [3.63, 3.8) is 0 Å². The quantitative estimate of drug-likeness (QED) is 0.540. The molecule has 1 saturated carbocycles. The fourth-order valence-electron chi connectivity index (χ4n) is 3.68. The number of benzene rings is 2. The summed E-state index contributed by atoms with van der Waals surface area (Å²) in [4.78, 5) is 12.6. The molecule has 4 nitrogen and oxygen atoms in total. The molecule has 144 valence electrons. The topological polar surface area (TPSA) is 54.9 Å². The molecule has 1 heterocycles. The van der Waals surface area contributed by atoms with Crippen molar-refractivity contribution in [2.24, 2.45) is 5.92 Å². The summed E-state index contributed by atoms with van der Waals surface area (Å²) < 4.78 is 0. The second-order valence-corrected chi connectivity index (χ2v) is 8.87. The van der Waals surface area contributed by atoms with E-state index < -0.39 is 0 Å². The highest BCUT2D eigenvalue weighted by molar-refractivity contribution is 7.18. The van der Waals surface area contributed by atoms with E-state index in [0.717, 1.165) is 16.5 Å². The van der Waals surface area contributed by atoms with Gasteiger partial charge in [0.1, 0.15) is 5.01 Å². The van der Waals surface area contributed by atoms with Gasteiger partial charge >= 0.3 is 0 Å². The van der Waals surface area contributed by atoms with Crippen LogP contribution < -0.4 is 5.32 Å². The number of hydrogen-bond acceptors (Lipinski definition) is 4. The third-order valence-electron chi connectivity index (χ3n) is 5.38. The summed E-state index contributed by atoms with van der Waals surface area (Å²) in [5.41, 5.74) is 2.85. The van der Waals surface area contributed by atoms with Crippen molar-refractivity contribution in [2.75, 3.05) is 5.32 Å². The van der Waals surface area contributed by atoms with Crippen LogP contribution in [0, 0.1) is 5.92 Å². The third kappa shape index (κ3) is 4.42. The molecule has 0 aliphatic heterocycles. The lowest BCUT2D eigenvalue weighted by Gasteiger charge is -2.26. The predicted molar refractivity (Wildman–Crippen MR) is 115 cm³/mol. The maximum absolute atomic E-state index is 12.6. The fraction of sp³-hybridized carbons (Fsp3) is 0.318. The van der Waals surface area contributed by atoms with Gasteiger partial charge in [-0.3, -0.25) is 10.1 Å². The van der Waals surface area contributed by atoms with Crippen molar-refractivity contribution in [1.29, 1.82) is 0 Å². The Morgan fingerprint density at radius 3 is 2.54 bits per heavy atom. The fourth-order valence-corrected chi connectivity index (χ4v) is 4.61. The molecule has 0 spiro atoms. The van der Waals surface area contributed by atoms with E-state index in [1.54, 1.807) is 0 Å². The lowest BCUT2D eigenvalue weighted by molar-refractivity contribution is 0.102. The largest absolute Gasteiger partial charge is 0.296 e. The Labute approximate surface area is 174 Å². The van der Waals surface area contributed by atoms with Crippen LogP contribution in [-0.4, -0.2) is 16.1 Å². The summed E-state index contributed by atoms with van der Waals surface area (Å²) >= 11 is 7.36. The molecule has 1 aliphatic rings. The lowest BCUT2D eigenvalue weighted by atomic mass is 9.79. The molecular weight excluding hydrogens is 390 g/mol. The maximum Gasteiger partial charge on any atom is 0.257 e. The van der Waals surface area contributed by atoms with Crippen molar-refractivity contribution in [2.45, 2.75) is 38.5 Å². The summed E-state index contributed by atoms with van der Waals surface area (Å²) in [7, 11) is 0. The minimum atomic E-state index is -0.169. The first-order valence-corrected chi connectivity index (χ1v) is 10.8. The Morgan fingerprint density at radius 2 is 1.82 bits per heavy atom. The molecule has 6 heteroatoms. The minimum Gasteiger partial charge on any atom is -0.296 e. The normalized spacial score (nSPS) is 19.4. The van der Waals surface area contributed by atoms with Crippen molar-refractivity contribution in [3.8, 4) is 10.6 Å². The molecule has 0 bridgehead atoms. The summed E-state index contributed by atoms with van der Waals surface area (Å²) in [6, 6.07) is 15.4. The van der Waals surface area contributed by atoms with E-state index in [4.69, 9.17) is 11.6 Å². The first kappa shape index (κ1) is 19.1. The Kier molecular flexibility index (Phi) is 5.74. The van der Waals surface area contributed by atoms with E-state index in [-0.39, 0.29) is 5.91 Å².